The number of benzene rings is 5. The van der Waals surface area contributed by atoms with Crippen LogP contribution in [-0.4, -0.2) is 0 Å². The second-order valence-electron chi connectivity index (χ2n) is 8.25. The molecule has 0 heterocycles. The zero-order chi connectivity index (χ0) is 25.2. The molecule has 0 bridgehead atoms. The van der Waals surface area contributed by atoms with Crippen LogP contribution < -0.4 is 25.7 Å². The summed E-state index contributed by atoms with van der Waals surface area (Å²) in [5.41, 5.74) is 0. The first-order valence-electron chi connectivity index (χ1n) is 11.3. The molecule has 180 valence electrons. The number of hydrogen-bond acceptors (Lipinski definition) is 1. The maximum absolute atomic E-state index is 7.45. The quantitative estimate of drug-likeness (QED) is 0.186. The van der Waals surface area contributed by atoms with E-state index in [0.717, 1.165) is 21.2 Å². The first kappa shape index (κ1) is 25.2. The van der Waals surface area contributed by atoms with Gasteiger partial charge in [0.25, 0.3) is 0 Å². The standard InChI is InChI=1S/C30H21Cl4OP/c31-23-14-4-8-18-27(23)36(28-19-9-5-15-24(28)32,29-20-10-6-16-25(29)33,30-21-11-7-17-26(30)34)35-22-12-2-1-3-13-22/h1-21H. The number of rotatable bonds is 6. The molecule has 0 aliphatic carbocycles. The molecule has 0 aliphatic rings. The fourth-order valence-electron chi connectivity index (χ4n) is 4.86. The Balaban J connectivity index is 2.17. The van der Waals surface area contributed by atoms with Gasteiger partial charge in [-0.25, -0.2) is 0 Å². The SMILES string of the molecule is Clc1ccccc1P(Oc1ccccc1)(c1ccccc1Cl)(c1ccccc1Cl)c1ccccc1Cl. The van der Waals surface area contributed by atoms with Crippen molar-refractivity contribution in [1.29, 1.82) is 0 Å². The fourth-order valence-corrected chi connectivity index (χ4v) is 13.2. The molecule has 5 rings (SSSR count). The summed E-state index contributed by atoms with van der Waals surface area (Å²) in [5, 5.41) is 5.09. The van der Waals surface area contributed by atoms with Crippen molar-refractivity contribution in [3.8, 4) is 5.75 Å². The molecule has 0 radical (unpaired) electrons. The molecule has 0 atom stereocenters. The van der Waals surface area contributed by atoms with Gasteiger partial charge in [0.1, 0.15) is 0 Å². The zero-order valence-corrected chi connectivity index (χ0v) is 22.9. The molecule has 0 fully saturated rings. The average molecular weight is 570 g/mol. The summed E-state index contributed by atoms with van der Waals surface area (Å²) in [6.07, 6.45) is 0. The number of para-hydroxylation sites is 1. The van der Waals surface area contributed by atoms with E-state index in [1.54, 1.807) is 0 Å². The van der Waals surface area contributed by atoms with Crippen LogP contribution >= 0.6 is 53.2 Å². The Morgan fingerprint density at radius 1 is 0.361 bits per heavy atom. The monoisotopic (exact) mass is 568 g/mol. The van der Waals surface area contributed by atoms with Gasteiger partial charge in [-0.05, 0) is 0 Å². The van der Waals surface area contributed by atoms with E-state index < -0.39 is 6.83 Å². The fraction of sp³-hybridized carbons (Fsp3) is 0. The minimum atomic E-state index is -4.34. The minimum absolute atomic E-state index is 0.519. The molecular weight excluding hydrogens is 549 g/mol. The molecule has 0 saturated carbocycles. The van der Waals surface area contributed by atoms with Crippen molar-refractivity contribution in [3.05, 3.63) is 147 Å². The van der Waals surface area contributed by atoms with Crippen molar-refractivity contribution < 1.29 is 4.52 Å². The summed E-state index contributed by atoms with van der Waals surface area (Å²) in [4.78, 5) is 0. The normalized spacial score (nSPS) is 12.5. The van der Waals surface area contributed by atoms with E-state index in [1.165, 1.54) is 0 Å². The van der Waals surface area contributed by atoms with Crippen LogP contribution in [0.25, 0.3) is 0 Å². The van der Waals surface area contributed by atoms with Crippen molar-refractivity contribution in [3.63, 3.8) is 0 Å². The summed E-state index contributed by atoms with van der Waals surface area (Å²) in [6.45, 7) is -4.34. The Morgan fingerprint density at radius 2 is 0.639 bits per heavy atom. The molecule has 0 saturated heterocycles. The predicted octanol–water partition coefficient (Wildman–Crippen LogP) is 8.45. The Labute approximate surface area is 231 Å². The van der Waals surface area contributed by atoms with Gasteiger partial charge in [0, 0.05) is 0 Å². The third-order valence-corrected chi connectivity index (χ3v) is 13.9. The van der Waals surface area contributed by atoms with Gasteiger partial charge < -0.3 is 0 Å². The van der Waals surface area contributed by atoms with Gasteiger partial charge in [-0.15, -0.1) is 0 Å². The molecule has 36 heavy (non-hydrogen) atoms. The van der Waals surface area contributed by atoms with E-state index in [0.29, 0.717) is 25.8 Å². The molecule has 0 spiro atoms. The number of hydrogen-bond donors (Lipinski definition) is 0. The molecule has 6 heteroatoms. The van der Waals surface area contributed by atoms with Gasteiger partial charge in [0.05, 0.1) is 0 Å². The zero-order valence-electron chi connectivity index (χ0n) is 19.0. The summed E-state index contributed by atoms with van der Waals surface area (Å²) < 4.78 is 7.45. The molecule has 0 aromatic heterocycles. The summed E-state index contributed by atoms with van der Waals surface area (Å²) in [6, 6.07) is 40.4. The Bertz CT molecular complexity index is 1340. The van der Waals surface area contributed by atoms with E-state index in [4.69, 9.17) is 50.9 Å². The van der Waals surface area contributed by atoms with Gasteiger partial charge in [0.2, 0.25) is 0 Å². The second kappa shape index (κ2) is 10.1. The van der Waals surface area contributed by atoms with Crippen molar-refractivity contribution >= 4 is 74.5 Å². The van der Waals surface area contributed by atoms with Crippen molar-refractivity contribution in [2.24, 2.45) is 0 Å². The second-order valence-corrected chi connectivity index (χ2v) is 14.1. The summed E-state index contributed by atoms with van der Waals surface area (Å²) in [7, 11) is 0. The molecule has 5 aromatic rings. The molecule has 0 N–H and O–H groups in total. The van der Waals surface area contributed by atoms with E-state index in [-0.39, 0.29) is 0 Å². The molecular formula is C30H21Cl4OP. The van der Waals surface area contributed by atoms with Crippen molar-refractivity contribution in [1.82, 2.24) is 0 Å². The van der Waals surface area contributed by atoms with Crippen LogP contribution in [0.5, 0.6) is 5.75 Å². The Hall–Kier alpha value is -2.51. The molecule has 1 nitrogen and oxygen atoms in total. The predicted molar refractivity (Wildman–Crippen MR) is 158 cm³/mol. The molecule has 0 aliphatic heterocycles. The maximum atomic E-state index is 7.45. The molecule has 0 unspecified atom stereocenters. The van der Waals surface area contributed by atoms with E-state index in [1.807, 2.05) is 127 Å². The van der Waals surface area contributed by atoms with Crippen LogP contribution in [0.4, 0.5) is 0 Å². The third kappa shape index (κ3) is 3.82. The average Bonchev–Trinajstić information content (AvgIpc) is 2.90. The van der Waals surface area contributed by atoms with Crippen LogP contribution in [0, 0.1) is 0 Å². The van der Waals surface area contributed by atoms with Crippen LogP contribution in [0.3, 0.4) is 0 Å². The molecule has 0 amide bonds. The van der Waals surface area contributed by atoms with Gasteiger partial charge in [-0.1, -0.05) is 0 Å². The van der Waals surface area contributed by atoms with E-state index in [2.05, 4.69) is 0 Å². The van der Waals surface area contributed by atoms with E-state index in [9.17, 15) is 0 Å². The van der Waals surface area contributed by atoms with Crippen LogP contribution in [0.15, 0.2) is 127 Å². The van der Waals surface area contributed by atoms with Gasteiger partial charge in [-0.3, -0.25) is 0 Å². The van der Waals surface area contributed by atoms with Crippen molar-refractivity contribution in [2.45, 2.75) is 0 Å². The molecule has 5 aromatic carbocycles. The first-order valence-corrected chi connectivity index (χ1v) is 14.9. The van der Waals surface area contributed by atoms with E-state index >= 15 is 0 Å². The van der Waals surface area contributed by atoms with Gasteiger partial charge in [-0.2, -0.15) is 0 Å². The number of halogens is 4. The van der Waals surface area contributed by atoms with Crippen molar-refractivity contribution in [2.75, 3.05) is 0 Å². The van der Waals surface area contributed by atoms with Gasteiger partial charge >= 0.3 is 232 Å². The van der Waals surface area contributed by atoms with Gasteiger partial charge in [0.15, 0.2) is 0 Å². The Kier molecular flexibility index (Phi) is 7.05. The third-order valence-electron chi connectivity index (χ3n) is 6.28. The summed E-state index contributed by atoms with van der Waals surface area (Å²) in [5.74, 6) is 0.634. The topological polar surface area (TPSA) is 9.23 Å². The Morgan fingerprint density at radius 3 is 0.944 bits per heavy atom. The first-order chi connectivity index (χ1) is 17.5. The summed E-state index contributed by atoms with van der Waals surface area (Å²) >= 11 is 28.4. The van der Waals surface area contributed by atoms with Crippen LogP contribution in [0.2, 0.25) is 20.1 Å². The van der Waals surface area contributed by atoms with Crippen LogP contribution in [-0.2, 0) is 0 Å². The van der Waals surface area contributed by atoms with Crippen LogP contribution in [0.1, 0.15) is 0 Å².